The van der Waals surface area contributed by atoms with Crippen LogP contribution in [0.5, 0.6) is 0 Å². The van der Waals surface area contributed by atoms with Crippen LogP contribution in [0.15, 0.2) is 24.5 Å². The Hall–Kier alpha value is -3.03. The average molecular weight is 350 g/mol. The molecule has 0 amide bonds. The summed E-state index contributed by atoms with van der Waals surface area (Å²) in [5.41, 5.74) is 9.00. The molecule has 4 heterocycles. The summed E-state index contributed by atoms with van der Waals surface area (Å²) >= 11 is 0. The summed E-state index contributed by atoms with van der Waals surface area (Å²) in [7, 11) is 0. The molecule has 0 unspecified atom stereocenters. The molecule has 1 aliphatic rings. The highest BCUT2D eigenvalue weighted by molar-refractivity contribution is 5.51. The first-order chi connectivity index (χ1) is 12.6. The molecule has 0 aliphatic carbocycles. The number of fused-ring (bicyclic) bond motifs is 1. The third-order valence-electron chi connectivity index (χ3n) is 4.87. The molecule has 2 N–H and O–H groups in total. The lowest BCUT2D eigenvalue weighted by molar-refractivity contribution is 0.653. The zero-order valence-electron chi connectivity index (χ0n) is 15.1. The SMILES string of the molecule is Cc1nc(N)nc(N2CCc3nnc(Cc4cccnc4)n3CC2)c1C. The van der Waals surface area contributed by atoms with Gasteiger partial charge in [0.15, 0.2) is 0 Å². The van der Waals surface area contributed by atoms with Gasteiger partial charge in [-0.2, -0.15) is 4.98 Å². The quantitative estimate of drug-likeness (QED) is 0.760. The fourth-order valence-corrected chi connectivity index (χ4v) is 3.35. The summed E-state index contributed by atoms with van der Waals surface area (Å²) in [6.07, 6.45) is 5.21. The molecule has 0 fully saturated rings. The van der Waals surface area contributed by atoms with E-state index < -0.39 is 0 Å². The predicted molar refractivity (Wildman–Crippen MR) is 98.9 cm³/mol. The van der Waals surface area contributed by atoms with E-state index >= 15 is 0 Å². The van der Waals surface area contributed by atoms with E-state index in [-0.39, 0.29) is 0 Å². The van der Waals surface area contributed by atoms with Crippen molar-refractivity contribution < 1.29 is 0 Å². The highest BCUT2D eigenvalue weighted by Crippen LogP contribution is 2.23. The molecule has 3 aromatic heterocycles. The third-order valence-corrected chi connectivity index (χ3v) is 4.87. The van der Waals surface area contributed by atoms with Crippen molar-refractivity contribution in [1.82, 2.24) is 29.7 Å². The summed E-state index contributed by atoms with van der Waals surface area (Å²) in [6, 6.07) is 4.01. The minimum absolute atomic E-state index is 0.323. The maximum atomic E-state index is 5.87. The monoisotopic (exact) mass is 350 g/mol. The Balaban J connectivity index is 1.57. The van der Waals surface area contributed by atoms with E-state index in [0.717, 1.165) is 66.8 Å². The van der Waals surface area contributed by atoms with Gasteiger partial charge in [0.2, 0.25) is 5.95 Å². The Bertz CT molecular complexity index is 918. The molecule has 0 aromatic carbocycles. The van der Waals surface area contributed by atoms with E-state index in [0.29, 0.717) is 5.95 Å². The molecule has 0 saturated carbocycles. The number of anilines is 2. The van der Waals surface area contributed by atoms with Crippen molar-refractivity contribution in [3.05, 3.63) is 53.0 Å². The van der Waals surface area contributed by atoms with Crippen molar-refractivity contribution in [3.8, 4) is 0 Å². The van der Waals surface area contributed by atoms with E-state index in [4.69, 9.17) is 5.73 Å². The van der Waals surface area contributed by atoms with Gasteiger partial charge in [0, 0.05) is 56.1 Å². The lowest BCUT2D eigenvalue weighted by Gasteiger charge is -2.23. The third kappa shape index (κ3) is 3.10. The van der Waals surface area contributed by atoms with Gasteiger partial charge in [0.1, 0.15) is 17.5 Å². The van der Waals surface area contributed by atoms with Crippen LogP contribution in [-0.4, -0.2) is 42.8 Å². The van der Waals surface area contributed by atoms with Gasteiger partial charge in [0.05, 0.1) is 0 Å². The first-order valence-electron chi connectivity index (χ1n) is 8.77. The standard InChI is InChI=1S/C18H22N8/c1-12-13(2)21-18(19)22-17(12)25-7-5-15-23-24-16(26(15)9-8-25)10-14-4-3-6-20-11-14/h3-4,6,11H,5,7-10H2,1-2H3,(H2,19,21,22). The summed E-state index contributed by atoms with van der Waals surface area (Å²) < 4.78 is 2.22. The van der Waals surface area contributed by atoms with Crippen molar-refractivity contribution in [2.75, 3.05) is 23.7 Å². The number of aryl methyl sites for hydroxylation is 1. The van der Waals surface area contributed by atoms with Crippen LogP contribution in [0.3, 0.4) is 0 Å². The van der Waals surface area contributed by atoms with E-state index in [1.807, 2.05) is 26.1 Å². The molecule has 1 aliphatic heterocycles. The van der Waals surface area contributed by atoms with Crippen molar-refractivity contribution >= 4 is 11.8 Å². The Labute approximate surface area is 152 Å². The van der Waals surface area contributed by atoms with Crippen LogP contribution in [0, 0.1) is 13.8 Å². The first kappa shape index (κ1) is 16.4. The molecule has 0 spiro atoms. The molecule has 8 heteroatoms. The second-order valence-electron chi connectivity index (χ2n) is 6.58. The molecule has 26 heavy (non-hydrogen) atoms. The molecule has 0 bridgehead atoms. The number of nitrogens with zero attached hydrogens (tertiary/aromatic N) is 7. The van der Waals surface area contributed by atoms with Gasteiger partial charge < -0.3 is 15.2 Å². The zero-order chi connectivity index (χ0) is 18.1. The molecule has 134 valence electrons. The largest absolute Gasteiger partial charge is 0.368 e. The molecule has 3 aromatic rings. The number of pyridine rings is 1. The highest BCUT2D eigenvalue weighted by Gasteiger charge is 2.21. The van der Waals surface area contributed by atoms with Crippen LogP contribution < -0.4 is 10.6 Å². The van der Waals surface area contributed by atoms with Gasteiger partial charge in [-0.15, -0.1) is 10.2 Å². The minimum atomic E-state index is 0.323. The number of hydrogen-bond donors (Lipinski definition) is 1. The van der Waals surface area contributed by atoms with E-state index in [2.05, 4.69) is 40.7 Å². The first-order valence-corrected chi connectivity index (χ1v) is 8.77. The van der Waals surface area contributed by atoms with Crippen molar-refractivity contribution in [2.24, 2.45) is 0 Å². The second-order valence-corrected chi connectivity index (χ2v) is 6.58. The number of aromatic nitrogens is 6. The predicted octanol–water partition coefficient (Wildman–Crippen LogP) is 1.32. The zero-order valence-corrected chi connectivity index (χ0v) is 15.1. The molecule has 8 nitrogen and oxygen atoms in total. The molecule has 4 rings (SSSR count). The highest BCUT2D eigenvalue weighted by atomic mass is 15.3. The fraction of sp³-hybridized carbons (Fsp3) is 0.389. The minimum Gasteiger partial charge on any atom is -0.368 e. The summed E-state index contributed by atoms with van der Waals surface area (Å²) in [4.78, 5) is 15.2. The van der Waals surface area contributed by atoms with Crippen molar-refractivity contribution in [2.45, 2.75) is 33.2 Å². The van der Waals surface area contributed by atoms with Gasteiger partial charge in [-0.1, -0.05) is 6.07 Å². The van der Waals surface area contributed by atoms with Crippen LogP contribution in [0.4, 0.5) is 11.8 Å². The van der Waals surface area contributed by atoms with Gasteiger partial charge >= 0.3 is 0 Å². The lowest BCUT2D eigenvalue weighted by atomic mass is 10.2. The van der Waals surface area contributed by atoms with Gasteiger partial charge in [-0.05, 0) is 25.5 Å². The van der Waals surface area contributed by atoms with Crippen LogP contribution in [-0.2, 0) is 19.4 Å². The average Bonchev–Trinajstić information content (AvgIpc) is 2.88. The van der Waals surface area contributed by atoms with Crippen LogP contribution in [0.1, 0.15) is 28.5 Å². The topological polar surface area (TPSA) is 98.6 Å². The summed E-state index contributed by atoms with van der Waals surface area (Å²) in [5, 5.41) is 8.81. The van der Waals surface area contributed by atoms with Crippen molar-refractivity contribution in [1.29, 1.82) is 0 Å². The summed E-state index contributed by atoms with van der Waals surface area (Å²) in [6.45, 7) is 6.50. The smallest absolute Gasteiger partial charge is 0.222 e. The van der Waals surface area contributed by atoms with Crippen LogP contribution >= 0.6 is 0 Å². The number of nitrogen functional groups attached to an aromatic ring is 1. The maximum Gasteiger partial charge on any atom is 0.222 e. The lowest BCUT2D eigenvalue weighted by Crippen LogP contribution is -2.29. The number of rotatable bonds is 3. The summed E-state index contributed by atoms with van der Waals surface area (Å²) in [5.74, 6) is 3.24. The van der Waals surface area contributed by atoms with Gasteiger partial charge in [0.25, 0.3) is 0 Å². The molecule has 0 radical (unpaired) electrons. The fourth-order valence-electron chi connectivity index (χ4n) is 3.35. The second kappa shape index (κ2) is 6.70. The van der Waals surface area contributed by atoms with E-state index in [1.54, 1.807) is 6.20 Å². The Kier molecular flexibility index (Phi) is 4.24. The maximum absolute atomic E-state index is 5.87. The Morgan fingerprint density at radius 3 is 2.81 bits per heavy atom. The van der Waals surface area contributed by atoms with E-state index in [9.17, 15) is 0 Å². The van der Waals surface area contributed by atoms with Crippen LogP contribution in [0.25, 0.3) is 0 Å². The molecular formula is C18H22N8. The normalized spacial score (nSPS) is 14.2. The van der Waals surface area contributed by atoms with Crippen LogP contribution in [0.2, 0.25) is 0 Å². The number of nitrogens with two attached hydrogens (primary N) is 1. The molecular weight excluding hydrogens is 328 g/mol. The number of hydrogen-bond acceptors (Lipinski definition) is 7. The Morgan fingerprint density at radius 2 is 2.00 bits per heavy atom. The van der Waals surface area contributed by atoms with Crippen molar-refractivity contribution in [3.63, 3.8) is 0 Å². The molecule has 0 atom stereocenters. The van der Waals surface area contributed by atoms with Gasteiger partial charge in [-0.3, -0.25) is 4.98 Å². The Morgan fingerprint density at radius 1 is 1.12 bits per heavy atom. The van der Waals surface area contributed by atoms with Gasteiger partial charge in [-0.25, -0.2) is 4.98 Å². The van der Waals surface area contributed by atoms with E-state index in [1.165, 1.54) is 0 Å². The molecule has 0 saturated heterocycles.